The van der Waals surface area contributed by atoms with Gasteiger partial charge in [0.2, 0.25) is 0 Å². The van der Waals surface area contributed by atoms with Gasteiger partial charge in [0.25, 0.3) is 0 Å². The topological polar surface area (TPSA) is 66.4 Å². The Morgan fingerprint density at radius 3 is 2.50 bits per heavy atom. The first-order chi connectivity index (χ1) is 9.43. The van der Waals surface area contributed by atoms with E-state index in [0.717, 1.165) is 23.7 Å². The lowest BCUT2D eigenvalue weighted by molar-refractivity contribution is 0.475. The number of sulfone groups is 1. The summed E-state index contributed by atoms with van der Waals surface area (Å²) < 4.78 is 23.4. The van der Waals surface area contributed by atoms with E-state index in [9.17, 15) is 13.5 Å². The SMILES string of the molecule is CS(=O)(=O)C(C=Cc1ccc(O)cc1)NCCCCBr. The van der Waals surface area contributed by atoms with Crippen molar-refractivity contribution in [3.05, 3.63) is 35.9 Å². The molecule has 1 rings (SSSR count). The third-order valence-electron chi connectivity index (χ3n) is 2.72. The van der Waals surface area contributed by atoms with E-state index in [1.54, 1.807) is 36.4 Å². The Labute approximate surface area is 128 Å². The molecular formula is C14H20BrNO3S. The fourth-order valence-corrected chi connectivity index (χ4v) is 2.79. The smallest absolute Gasteiger partial charge is 0.166 e. The van der Waals surface area contributed by atoms with Crippen molar-refractivity contribution in [1.82, 2.24) is 5.32 Å². The van der Waals surface area contributed by atoms with Gasteiger partial charge in [0.15, 0.2) is 9.84 Å². The molecule has 1 aromatic rings. The first-order valence-corrected chi connectivity index (χ1v) is 9.46. The monoisotopic (exact) mass is 361 g/mol. The van der Waals surface area contributed by atoms with Crippen LogP contribution in [0, 0.1) is 0 Å². The van der Waals surface area contributed by atoms with Gasteiger partial charge in [-0.25, -0.2) is 8.42 Å². The minimum Gasteiger partial charge on any atom is -0.508 e. The summed E-state index contributed by atoms with van der Waals surface area (Å²) in [6, 6.07) is 6.60. The van der Waals surface area contributed by atoms with Gasteiger partial charge in [-0.1, -0.05) is 40.2 Å². The Morgan fingerprint density at radius 1 is 1.30 bits per heavy atom. The average Bonchev–Trinajstić information content (AvgIpc) is 2.38. The van der Waals surface area contributed by atoms with Crippen LogP contribution in [0.25, 0.3) is 6.08 Å². The van der Waals surface area contributed by atoms with Gasteiger partial charge in [-0.2, -0.15) is 0 Å². The molecule has 1 aromatic carbocycles. The maximum Gasteiger partial charge on any atom is 0.166 e. The van der Waals surface area contributed by atoms with Crippen LogP contribution < -0.4 is 5.32 Å². The van der Waals surface area contributed by atoms with Crippen LogP contribution in [0.3, 0.4) is 0 Å². The Hall–Kier alpha value is -0.850. The van der Waals surface area contributed by atoms with Crippen LogP contribution in [-0.2, 0) is 9.84 Å². The van der Waals surface area contributed by atoms with Crippen molar-refractivity contribution in [2.45, 2.75) is 18.2 Å². The lowest BCUT2D eigenvalue weighted by Crippen LogP contribution is -2.35. The number of benzene rings is 1. The average molecular weight is 362 g/mol. The second-order valence-corrected chi connectivity index (χ2v) is 7.51. The molecule has 0 aliphatic rings. The third kappa shape index (κ3) is 6.54. The molecule has 0 aliphatic heterocycles. The first-order valence-electron chi connectivity index (χ1n) is 6.39. The quantitative estimate of drug-likeness (QED) is 0.551. The largest absolute Gasteiger partial charge is 0.508 e. The van der Waals surface area contributed by atoms with E-state index in [2.05, 4.69) is 21.2 Å². The molecule has 0 saturated carbocycles. The van der Waals surface area contributed by atoms with Crippen LogP contribution in [0.15, 0.2) is 30.3 Å². The number of rotatable bonds is 8. The van der Waals surface area contributed by atoms with Crippen LogP contribution in [0.2, 0.25) is 0 Å². The summed E-state index contributed by atoms with van der Waals surface area (Å²) in [5.41, 5.74) is 0.846. The number of phenolic OH excluding ortho intramolecular Hbond substituents is 1. The molecule has 0 bridgehead atoms. The number of halogens is 1. The van der Waals surface area contributed by atoms with E-state index in [-0.39, 0.29) is 5.75 Å². The number of hydrogen-bond acceptors (Lipinski definition) is 4. The van der Waals surface area contributed by atoms with Gasteiger partial charge >= 0.3 is 0 Å². The molecular weight excluding hydrogens is 342 g/mol. The van der Waals surface area contributed by atoms with Gasteiger partial charge in [0.1, 0.15) is 11.1 Å². The highest BCUT2D eigenvalue weighted by Gasteiger charge is 2.15. The fraction of sp³-hybridized carbons (Fsp3) is 0.429. The molecule has 0 spiro atoms. The maximum atomic E-state index is 11.7. The minimum atomic E-state index is -3.19. The first kappa shape index (κ1) is 17.2. The number of nitrogens with one attached hydrogen (secondary N) is 1. The highest BCUT2D eigenvalue weighted by Crippen LogP contribution is 2.11. The number of phenols is 1. The minimum absolute atomic E-state index is 0.190. The highest BCUT2D eigenvalue weighted by molar-refractivity contribution is 9.09. The summed E-state index contributed by atoms with van der Waals surface area (Å²) in [5, 5.41) is 12.5. The molecule has 4 nitrogen and oxygen atoms in total. The van der Waals surface area contributed by atoms with Crippen molar-refractivity contribution in [2.24, 2.45) is 0 Å². The Morgan fingerprint density at radius 2 is 1.95 bits per heavy atom. The van der Waals surface area contributed by atoms with Crippen molar-refractivity contribution >= 4 is 31.8 Å². The molecule has 0 saturated heterocycles. The van der Waals surface area contributed by atoms with Crippen molar-refractivity contribution in [3.8, 4) is 5.75 Å². The Bertz CT molecular complexity index is 526. The van der Waals surface area contributed by atoms with Gasteiger partial charge in [-0.15, -0.1) is 0 Å². The molecule has 1 unspecified atom stereocenters. The van der Waals surface area contributed by atoms with Crippen LogP contribution in [0.4, 0.5) is 0 Å². The normalized spacial score (nSPS) is 13.7. The van der Waals surface area contributed by atoms with E-state index in [1.165, 1.54) is 6.26 Å². The fourth-order valence-electron chi connectivity index (χ4n) is 1.61. The Balaban J connectivity index is 2.67. The van der Waals surface area contributed by atoms with Crippen molar-refractivity contribution < 1.29 is 13.5 Å². The van der Waals surface area contributed by atoms with Gasteiger partial charge in [0.05, 0.1) is 0 Å². The lowest BCUT2D eigenvalue weighted by atomic mass is 10.2. The van der Waals surface area contributed by atoms with E-state index in [4.69, 9.17) is 0 Å². The number of hydrogen-bond donors (Lipinski definition) is 2. The summed E-state index contributed by atoms with van der Waals surface area (Å²) >= 11 is 3.34. The zero-order valence-corrected chi connectivity index (χ0v) is 13.8. The van der Waals surface area contributed by atoms with Crippen LogP contribution in [-0.4, -0.2) is 37.0 Å². The summed E-state index contributed by atoms with van der Waals surface area (Å²) in [6.45, 7) is 0.656. The highest BCUT2D eigenvalue weighted by atomic mass is 79.9. The van der Waals surface area contributed by atoms with Crippen LogP contribution >= 0.6 is 15.9 Å². The van der Waals surface area contributed by atoms with Crippen LogP contribution in [0.5, 0.6) is 5.75 Å². The second-order valence-electron chi connectivity index (χ2n) is 4.55. The molecule has 0 heterocycles. The number of alkyl halides is 1. The summed E-state index contributed by atoms with van der Waals surface area (Å²) in [5.74, 6) is 0.190. The van der Waals surface area contributed by atoms with Gasteiger partial charge < -0.3 is 5.11 Å². The van der Waals surface area contributed by atoms with Gasteiger partial charge in [0, 0.05) is 11.6 Å². The molecule has 112 valence electrons. The molecule has 0 amide bonds. The molecule has 6 heteroatoms. The lowest BCUT2D eigenvalue weighted by Gasteiger charge is -2.12. The molecule has 2 N–H and O–H groups in total. The van der Waals surface area contributed by atoms with Crippen LogP contribution in [0.1, 0.15) is 18.4 Å². The standard InChI is InChI=1S/C14H20BrNO3S/c1-20(18,19)14(16-11-3-2-10-15)9-6-12-4-7-13(17)8-5-12/h4-9,14,16-17H,2-3,10-11H2,1H3. The maximum absolute atomic E-state index is 11.7. The Kier molecular flexibility index (Phi) is 7.26. The molecule has 20 heavy (non-hydrogen) atoms. The van der Waals surface area contributed by atoms with Crippen molar-refractivity contribution in [2.75, 3.05) is 18.1 Å². The van der Waals surface area contributed by atoms with Gasteiger partial charge in [-0.3, -0.25) is 5.32 Å². The third-order valence-corrected chi connectivity index (χ3v) is 4.53. The summed E-state index contributed by atoms with van der Waals surface area (Å²) in [7, 11) is -3.19. The predicted molar refractivity (Wildman–Crippen MR) is 86.8 cm³/mol. The molecule has 0 radical (unpaired) electrons. The molecule has 0 aromatic heterocycles. The molecule has 0 aliphatic carbocycles. The van der Waals surface area contributed by atoms with Crippen molar-refractivity contribution in [3.63, 3.8) is 0 Å². The predicted octanol–water partition coefficient (Wildman–Crippen LogP) is 2.54. The molecule has 1 atom stereocenters. The van der Waals surface area contributed by atoms with Crippen molar-refractivity contribution in [1.29, 1.82) is 0 Å². The summed E-state index contributed by atoms with van der Waals surface area (Å²) in [4.78, 5) is 0. The van der Waals surface area contributed by atoms with E-state index in [1.807, 2.05) is 0 Å². The molecule has 0 fully saturated rings. The van der Waals surface area contributed by atoms with E-state index in [0.29, 0.717) is 6.54 Å². The second kappa shape index (κ2) is 8.44. The van der Waals surface area contributed by atoms with E-state index >= 15 is 0 Å². The number of unbranched alkanes of at least 4 members (excludes halogenated alkanes) is 1. The number of aromatic hydroxyl groups is 1. The van der Waals surface area contributed by atoms with E-state index < -0.39 is 15.2 Å². The summed E-state index contributed by atoms with van der Waals surface area (Å²) in [6.07, 6.45) is 6.52. The van der Waals surface area contributed by atoms with Gasteiger partial charge in [-0.05, 0) is 37.1 Å². The zero-order valence-electron chi connectivity index (χ0n) is 11.4. The zero-order chi connectivity index (χ0) is 15.0.